The van der Waals surface area contributed by atoms with Crippen molar-refractivity contribution in [3.63, 3.8) is 0 Å². The predicted octanol–water partition coefficient (Wildman–Crippen LogP) is 2.90. The molecule has 1 heterocycles. The fraction of sp³-hybridized carbons (Fsp3) is 0.609. The van der Waals surface area contributed by atoms with Crippen molar-refractivity contribution in [1.29, 1.82) is 0 Å². The summed E-state index contributed by atoms with van der Waals surface area (Å²) in [6.45, 7) is 11.0. The molecule has 6 nitrogen and oxygen atoms in total. The summed E-state index contributed by atoms with van der Waals surface area (Å²) in [5.74, 6) is -0.262. The van der Waals surface area contributed by atoms with Crippen LogP contribution < -0.4 is 10.6 Å². The first-order valence-corrected chi connectivity index (χ1v) is 10.7. The van der Waals surface area contributed by atoms with Crippen LogP contribution in [0.4, 0.5) is 0 Å². The highest BCUT2D eigenvalue weighted by Crippen LogP contribution is 2.23. The molecular formula is C23H35N3O3. The number of nitrogens with zero attached hydrogens (tertiary/aromatic N) is 1. The fourth-order valence-electron chi connectivity index (χ4n) is 3.66. The molecule has 2 N–H and O–H groups in total. The van der Waals surface area contributed by atoms with Gasteiger partial charge in [-0.1, -0.05) is 38.5 Å². The molecule has 2 atom stereocenters. The van der Waals surface area contributed by atoms with Gasteiger partial charge in [0.15, 0.2) is 0 Å². The Bertz CT molecular complexity index is 724. The van der Waals surface area contributed by atoms with Crippen LogP contribution in [0, 0.1) is 18.8 Å². The van der Waals surface area contributed by atoms with Crippen molar-refractivity contribution >= 4 is 17.7 Å². The number of carbonyl (C=O) groups excluding carboxylic acids is 3. The van der Waals surface area contributed by atoms with Crippen LogP contribution in [0.25, 0.3) is 0 Å². The molecule has 1 saturated heterocycles. The minimum absolute atomic E-state index is 0.00373. The van der Waals surface area contributed by atoms with Crippen LogP contribution in [0.1, 0.15) is 62.9 Å². The molecule has 0 aliphatic carbocycles. The number of rotatable bonds is 7. The quantitative estimate of drug-likeness (QED) is 0.737. The Balaban J connectivity index is 2.12. The van der Waals surface area contributed by atoms with Gasteiger partial charge in [0, 0.05) is 30.6 Å². The van der Waals surface area contributed by atoms with E-state index in [2.05, 4.69) is 10.6 Å². The van der Waals surface area contributed by atoms with Gasteiger partial charge in [-0.05, 0) is 51.2 Å². The standard InChI is InChI=1S/C23H35N3O3/c1-6-17(5)24-22(28)20(25-21(27)19-9-7-8-16(4)14-19)18-10-12-26(13-11-18)23(29)15(2)3/h7-9,14-15,17-18,20H,6,10-13H2,1-5H3,(H,24,28)(H,25,27). The van der Waals surface area contributed by atoms with Crippen molar-refractivity contribution in [1.82, 2.24) is 15.5 Å². The van der Waals surface area contributed by atoms with E-state index >= 15 is 0 Å². The van der Waals surface area contributed by atoms with E-state index in [1.807, 2.05) is 57.7 Å². The van der Waals surface area contributed by atoms with Crippen molar-refractivity contribution < 1.29 is 14.4 Å². The molecule has 0 aromatic heterocycles. The van der Waals surface area contributed by atoms with E-state index in [1.54, 1.807) is 6.07 Å². The van der Waals surface area contributed by atoms with Crippen molar-refractivity contribution in [2.45, 2.75) is 66.0 Å². The number of benzene rings is 1. The Morgan fingerprint density at radius 1 is 1.10 bits per heavy atom. The van der Waals surface area contributed by atoms with E-state index in [-0.39, 0.29) is 35.6 Å². The summed E-state index contributed by atoms with van der Waals surface area (Å²) in [6, 6.07) is 6.80. The highest BCUT2D eigenvalue weighted by molar-refractivity contribution is 5.97. The maximum Gasteiger partial charge on any atom is 0.251 e. The number of aryl methyl sites for hydroxylation is 1. The first-order valence-electron chi connectivity index (χ1n) is 10.7. The number of amides is 3. The number of piperidine rings is 1. The zero-order valence-electron chi connectivity index (χ0n) is 18.3. The van der Waals surface area contributed by atoms with Crippen LogP contribution in [-0.4, -0.2) is 47.8 Å². The van der Waals surface area contributed by atoms with Crippen molar-refractivity contribution in [2.24, 2.45) is 11.8 Å². The van der Waals surface area contributed by atoms with Crippen LogP contribution in [-0.2, 0) is 9.59 Å². The van der Waals surface area contributed by atoms with E-state index in [9.17, 15) is 14.4 Å². The second kappa shape index (κ2) is 10.4. The van der Waals surface area contributed by atoms with Gasteiger partial charge in [-0.15, -0.1) is 0 Å². The van der Waals surface area contributed by atoms with Crippen LogP contribution in [0.15, 0.2) is 24.3 Å². The predicted molar refractivity (Wildman–Crippen MR) is 114 cm³/mol. The largest absolute Gasteiger partial charge is 0.352 e. The number of hydrogen-bond acceptors (Lipinski definition) is 3. The SMILES string of the molecule is CCC(C)NC(=O)C(NC(=O)c1cccc(C)c1)C1CCN(C(=O)C(C)C)CC1. The van der Waals surface area contributed by atoms with Crippen LogP contribution in [0.2, 0.25) is 0 Å². The van der Waals surface area contributed by atoms with Gasteiger partial charge in [-0.3, -0.25) is 14.4 Å². The minimum atomic E-state index is -0.603. The number of hydrogen-bond donors (Lipinski definition) is 2. The average Bonchev–Trinajstić information content (AvgIpc) is 2.71. The molecule has 29 heavy (non-hydrogen) atoms. The zero-order valence-corrected chi connectivity index (χ0v) is 18.3. The smallest absolute Gasteiger partial charge is 0.251 e. The van der Waals surface area contributed by atoms with Crippen LogP contribution >= 0.6 is 0 Å². The third-order valence-electron chi connectivity index (χ3n) is 5.67. The highest BCUT2D eigenvalue weighted by atomic mass is 16.2. The summed E-state index contributed by atoms with van der Waals surface area (Å²) in [4.78, 5) is 39.9. The Kier molecular flexibility index (Phi) is 8.23. The summed E-state index contributed by atoms with van der Waals surface area (Å²) in [5.41, 5.74) is 1.55. The van der Waals surface area contributed by atoms with Gasteiger partial charge in [0.2, 0.25) is 11.8 Å². The summed E-state index contributed by atoms with van der Waals surface area (Å²) in [5, 5.41) is 5.99. The molecular weight excluding hydrogens is 366 g/mol. The Morgan fingerprint density at radius 2 is 1.76 bits per heavy atom. The van der Waals surface area contributed by atoms with Gasteiger partial charge >= 0.3 is 0 Å². The lowest BCUT2D eigenvalue weighted by Gasteiger charge is -2.36. The number of carbonyl (C=O) groups is 3. The normalized spacial score (nSPS) is 17.0. The summed E-state index contributed by atoms with van der Waals surface area (Å²) in [6.07, 6.45) is 2.22. The van der Waals surface area contributed by atoms with E-state index in [0.717, 1.165) is 12.0 Å². The molecule has 0 saturated carbocycles. The molecule has 6 heteroatoms. The fourth-order valence-corrected chi connectivity index (χ4v) is 3.66. The van der Waals surface area contributed by atoms with Gasteiger partial charge in [-0.2, -0.15) is 0 Å². The van der Waals surface area contributed by atoms with E-state index < -0.39 is 6.04 Å². The van der Waals surface area contributed by atoms with Gasteiger partial charge in [0.25, 0.3) is 5.91 Å². The molecule has 0 bridgehead atoms. The molecule has 1 aromatic rings. The van der Waals surface area contributed by atoms with Crippen molar-refractivity contribution in [3.05, 3.63) is 35.4 Å². The van der Waals surface area contributed by atoms with Crippen LogP contribution in [0.3, 0.4) is 0 Å². The summed E-state index contributed by atoms with van der Waals surface area (Å²) < 4.78 is 0. The Hall–Kier alpha value is -2.37. The number of nitrogens with one attached hydrogen (secondary N) is 2. The second-order valence-electron chi connectivity index (χ2n) is 8.46. The van der Waals surface area contributed by atoms with Gasteiger partial charge < -0.3 is 15.5 Å². The van der Waals surface area contributed by atoms with Gasteiger partial charge in [0.1, 0.15) is 6.04 Å². The molecule has 2 rings (SSSR count). The molecule has 0 spiro atoms. The molecule has 1 aliphatic rings. The molecule has 2 unspecified atom stereocenters. The maximum absolute atomic E-state index is 13.0. The van der Waals surface area contributed by atoms with E-state index in [4.69, 9.17) is 0 Å². The highest BCUT2D eigenvalue weighted by Gasteiger charge is 2.34. The van der Waals surface area contributed by atoms with E-state index in [1.165, 1.54) is 0 Å². The summed E-state index contributed by atoms with van der Waals surface area (Å²) >= 11 is 0. The molecule has 0 radical (unpaired) electrons. The zero-order chi connectivity index (χ0) is 21.6. The third kappa shape index (κ3) is 6.31. The van der Waals surface area contributed by atoms with Crippen molar-refractivity contribution in [2.75, 3.05) is 13.1 Å². The molecule has 1 fully saturated rings. The Morgan fingerprint density at radius 3 is 2.31 bits per heavy atom. The molecule has 3 amide bonds. The molecule has 1 aromatic carbocycles. The van der Waals surface area contributed by atoms with Crippen LogP contribution in [0.5, 0.6) is 0 Å². The lowest BCUT2D eigenvalue weighted by atomic mass is 9.88. The van der Waals surface area contributed by atoms with Gasteiger partial charge in [0.05, 0.1) is 0 Å². The molecule has 1 aliphatic heterocycles. The Labute approximate surface area is 174 Å². The van der Waals surface area contributed by atoms with Gasteiger partial charge in [-0.25, -0.2) is 0 Å². The van der Waals surface area contributed by atoms with Crippen molar-refractivity contribution in [3.8, 4) is 0 Å². The summed E-state index contributed by atoms with van der Waals surface area (Å²) in [7, 11) is 0. The third-order valence-corrected chi connectivity index (χ3v) is 5.67. The first-order chi connectivity index (χ1) is 13.7. The minimum Gasteiger partial charge on any atom is -0.352 e. The maximum atomic E-state index is 13.0. The lowest BCUT2D eigenvalue weighted by Crippen LogP contribution is -2.55. The average molecular weight is 402 g/mol. The first kappa shape index (κ1) is 22.9. The molecule has 160 valence electrons. The second-order valence-corrected chi connectivity index (χ2v) is 8.46. The topological polar surface area (TPSA) is 78.5 Å². The monoisotopic (exact) mass is 401 g/mol. The lowest BCUT2D eigenvalue weighted by molar-refractivity contribution is -0.136. The van der Waals surface area contributed by atoms with E-state index in [0.29, 0.717) is 31.5 Å². The number of likely N-dealkylation sites (tertiary alicyclic amines) is 1.